The van der Waals surface area contributed by atoms with E-state index in [-0.39, 0.29) is 0 Å². The Morgan fingerprint density at radius 1 is 1.44 bits per heavy atom. The minimum Gasteiger partial charge on any atom is -0.316 e. The molecule has 1 heterocycles. The minimum absolute atomic E-state index is 0.372. The van der Waals surface area contributed by atoms with Gasteiger partial charge in [0.15, 0.2) is 0 Å². The third-order valence-electron chi connectivity index (χ3n) is 3.24. The van der Waals surface area contributed by atoms with Gasteiger partial charge in [-0.2, -0.15) is 0 Å². The Hall–Kier alpha value is 0.140. The number of nitrogens with one attached hydrogen (secondary N) is 1. The lowest BCUT2D eigenvalue weighted by molar-refractivity contribution is 0.272. The molecule has 0 bridgehead atoms. The van der Waals surface area contributed by atoms with Gasteiger partial charge < -0.3 is 5.32 Å². The van der Waals surface area contributed by atoms with Crippen LogP contribution in [0.25, 0.3) is 0 Å². The molecule has 0 aromatic carbocycles. The highest BCUT2D eigenvalue weighted by molar-refractivity contribution is 9.10. The van der Waals surface area contributed by atoms with Crippen LogP contribution in [0.4, 0.5) is 0 Å². The van der Waals surface area contributed by atoms with Crippen molar-refractivity contribution < 1.29 is 0 Å². The molecule has 3 heteroatoms. The van der Waals surface area contributed by atoms with E-state index in [9.17, 15) is 0 Å². The van der Waals surface area contributed by atoms with E-state index in [1.807, 2.05) is 11.3 Å². The summed E-state index contributed by atoms with van der Waals surface area (Å²) in [6.07, 6.45) is 3.70. The zero-order chi connectivity index (χ0) is 13.6. The average Bonchev–Trinajstić information content (AvgIpc) is 2.64. The van der Waals surface area contributed by atoms with Crippen LogP contribution in [0.5, 0.6) is 0 Å². The van der Waals surface area contributed by atoms with Crippen molar-refractivity contribution in [2.24, 2.45) is 11.3 Å². The van der Waals surface area contributed by atoms with Crippen molar-refractivity contribution >= 4 is 27.3 Å². The van der Waals surface area contributed by atoms with Gasteiger partial charge in [0.25, 0.3) is 0 Å². The van der Waals surface area contributed by atoms with E-state index >= 15 is 0 Å². The standard InChI is InChI=1S/C15H26BrNS/c1-5-7-15(4,11-17-10-12(2)3)9-14-13(16)6-8-18-14/h6,8,12,17H,5,7,9-11H2,1-4H3. The van der Waals surface area contributed by atoms with Gasteiger partial charge in [-0.05, 0) is 58.1 Å². The maximum absolute atomic E-state index is 3.65. The Balaban J connectivity index is 2.59. The number of hydrogen-bond donors (Lipinski definition) is 1. The van der Waals surface area contributed by atoms with E-state index in [2.05, 4.69) is 60.4 Å². The smallest absolute Gasteiger partial charge is 0.0314 e. The summed E-state index contributed by atoms with van der Waals surface area (Å²) in [6, 6.07) is 2.16. The molecule has 0 aliphatic rings. The van der Waals surface area contributed by atoms with Gasteiger partial charge in [0.1, 0.15) is 0 Å². The molecule has 1 nitrogen and oxygen atoms in total. The lowest BCUT2D eigenvalue weighted by Crippen LogP contribution is -2.35. The van der Waals surface area contributed by atoms with Crippen LogP contribution >= 0.6 is 27.3 Å². The fraction of sp³-hybridized carbons (Fsp3) is 0.733. The Morgan fingerprint density at radius 2 is 2.17 bits per heavy atom. The monoisotopic (exact) mass is 331 g/mol. The van der Waals surface area contributed by atoms with Crippen LogP contribution in [0.1, 0.15) is 45.4 Å². The molecule has 1 aromatic rings. The molecular weight excluding hydrogens is 306 g/mol. The third-order valence-corrected chi connectivity index (χ3v) is 5.16. The Kier molecular flexibility index (Phi) is 6.89. The molecule has 0 saturated carbocycles. The van der Waals surface area contributed by atoms with Gasteiger partial charge in [-0.3, -0.25) is 0 Å². The summed E-state index contributed by atoms with van der Waals surface area (Å²) in [7, 11) is 0. The second kappa shape index (κ2) is 7.66. The number of halogens is 1. The SMILES string of the molecule is CCCC(C)(CNCC(C)C)Cc1sccc1Br. The van der Waals surface area contributed by atoms with Crippen LogP contribution in [0.2, 0.25) is 0 Å². The summed E-state index contributed by atoms with van der Waals surface area (Å²) < 4.78 is 1.28. The topological polar surface area (TPSA) is 12.0 Å². The van der Waals surface area contributed by atoms with Gasteiger partial charge in [-0.25, -0.2) is 0 Å². The van der Waals surface area contributed by atoms with Crippen LogP contribution in [0, 0.1) is 11.3 Å². The second-order valence-corrected chi connectivity index (χ2v) is 7.81. The molecule has 0 saturated heterocycles. The number of thiophene rings is 1. The highest BCUT2D eigenvalue weighted by Gasteiger charge is 2.25. The number of hydrogen-bond acceptors (Lipinski definition) is 2. The molecule has 1 N–H and O–H groups in total. The summed E-state index contributed by atoms with van der Waals surface area (Å²) in [5.74, 6) is 0.726. The van der Waals surface area contributed by atoms with Crippen LogP contribution in [0.15, 0.2) is 15.9 Å². The minimum atomic E-state index is 0.372. The second-order valence-electron chi connectivity index (χ2n) is 5.95. The first kappa shape index (κ1) is 16.2. The van der Waals surface area contributed by atoms with Crippen LogP contribution in [-0.4, -0.2) is 13.1 Å². The third kappa shape index (κ3) is 5.41. The molecular formula is C15H26BrNS. The van der Waals surface area contributed by atoms with Crippen LogP contribution < -0.4 is 5.32 Å². The Morgan fingerprint density at radius 3 is 2.67 bits per heavy atom. The van der Waals surface area contributed by atoms with Crippen LogP contribution in [0.3, 0.4) is 0 Å². The number of rotatable bonds is 8. The maximum atomic E-state index is 3.65. The summed E-state index contributed by atoms with van der Waals surface area (Å²) in [5.41, 5.74) is 0.372. The highest BCUT2D eigenvalue weighted by atomic mass is 79.9. The fourth-order valence-corrected chi connectivity index (χ4v) is 4.05. The van der Waals surface area contributed by atoms with Crippen molar-refractivity contribution in [3.63, 3.8) is 0 Å². The molecule has 0 fully saturated rings. The molecule has 0 spiro atoms. The quantitative estimate of drug-likeness (QED) is 0.698. The van der Waals surface area contributed by atoms with Gasteiger partial charge in [0, 0.05) is 15.9 Å². The van der Waals surface area contributed by atoms with Crippen molar-refractivity contribution in [3.05, 3.63) is 20.8 Å². The molecule has 0 aliphatic carbocycles. The first-order valence-corrected chi connectivity index (χ1v) is 8.56. The van der Waals surface area contributed by atoms with Gasteiger partial charge in [-0.1, -0.05) is 34.1 Å². The normalized spacial score (nSPS) is 15.0. The van der Waals surface area contributed by atoms with Crippen molar-refractivity contribution in [1.29, 1.82) is 0 Å². The van der Waals surface area contributed by atoms with Crippen molar-refractivity contribution in [1.82, 2.24) is 5.32 Å². The first-order chi connectivity index (χ1) is 8.47. The molecule has 1 aromatic heterocycles. The van der Waals surface area contributed by atoms with Gasteiger partial charge in [0.05, 0.1) is 0 Å². The molecule has 0 amide bonds. The highest BCUT2D eigenvalue weighted by Crippen LogP contribution is 2.33. The summed E-state index contributed by atoms with van der Waals surface area (Å²) >= 11 is 5.52. The van der Waals surface area contributed by atoms with E-state index in [0.717, 1.165) is 19.0 Å². The summed E-state index contributed by atoms with van der Waals surface area (Å²) in [5, 5.41) is 5.81. The zero-order valence-corrected chi connectivity index (χ0v) is 14.5. The van der Waals surface area contributed by atoms with Gasteiger partial charge >= 0.3 is 0 Å². The molecule has 1 atom stereocenters. The van der Waals surface area contributed by atoms with Gasteiger partial charge in [-0.15, -0.1) is 11.3 Å². The average molecular weight is 332 g/mol. The molecule has 1 unspecified atom stereocenters. The van der Waals surface area contributed by atoms with Crippen molar-refractivity contribution in [3.8, 4) is 0 Å². The predicted octanol–water partition coefficient (Wildman–Crippen LogP) is 5.11. The zero-order valence-electron chi connectivity index (χ0n) is 12.1. The molecule has 104 valence electrons. The van der Waals surface area contributed by atoms with E-state index in [1.165, 1.54) is 28.6 Å². The van der Waals surface area contributed by atoms with Crippen molar-refractivity contribution in [2.75, 3.05) is 13.1 Å². The van der Waals surface area contributed by atoms with E-state index in [1.54, 1.807) is 0 Å². The molecule has 1 rings (SSSR count). The maximum Gasteiger partial charge on any atom is 0.0314 e. The van der Waals surface area contributed by atoms with E-state index in [0.29, 0.717) is 5.41 Å². The lowest BCUT2D eigenvalue weighted by Gasteiger charge is -2.30. The van der Waals surface area contributed by atoms with Gasteiger partial charge in [0.2, 0.25) is 0 Å². The summed E-state index contributed by atoms with van der Waals surface area (Å²) in [6.45, 7) is 11.5. The summed E-state index contributed by atoms with van der Waals surface area (Å²) in [4.78, 5) is 1.48. The lowest BCUT2D eigenvalue weighted by atomic mass is 9.81. The molecule has 0 aliphatic heterocycles. The van der Waals surface area contributed by atoms with E-state index < -0.39 is 0 Å². The van der Waals surface area contributed by atoms with E-state index in [4.69, 9.17) is 0 Å². The largest absolute Gasteiger partial charge is 0.316 e. The van der Waals surface area contributed by atoms with Crippen molar-refractivity contribution in [2.45, 2.75) is 47.0 Å². The van der Waals surface area contributed by atoms with Crippen LogP contribution in [-0.2, 0) is 6.42 Å². The molecule has 0 radical (unpaired) electrons. The Labute approximate surface area is 125 Å². The Bertz CT molecular complexity index is 348. The fourth-order valence-electron chi connectivity index (χ4n) is 2.34. The molecule has 18 heavy (non-hydrogen) atoms. The predicted molar refractivity (Wildman–Crippen MR) is 86.4 cm³/mol. The first-order valence-electron chi connectivity index (χ1n) is 6.89.